The number of ketones is 2. The molecule has 0 aromatic rings. The monoisotopic (exact) mass is 646 g/mol. The summed E-state index contributed by atoms with van der Waals surface area (Å²) in [7, 11) is 1.50. The van der Waals surface area contributed by atoms with Gasteiger partial charge in [0.05, 0.1) is 23.7 Å². The van der Waals surface area contributed by atoms with E-state index in [4.69, 9.17) is 18.9 Å². The molecule has 9 atom stereocenters. The first-order valence-electron chi connectivity index (χ1n) is 16.4. The first-order valence-corrected chi connectivity index (χ1v) is 16.4. The summed E-state index contributed by atoms with van der Waals surface area (Å²) in [5.41, 5.74) is -1.86. The first-order chi connectivity index (χ1) is 21.9. The second-order valence-corrected chi connectivity index (χ2v) is 15.0. The Labute approximate surface area is 276 Å². The molecule has 9 nitrogen and oxygen atoms in total. The zero-order chi connectivity index (χ0) is 34.4. The predicted octanol–water partition coefficient (Wildman–Crippen LogP) is 5.48. The second-order valence-electron chi connectivity index (χ2n) is 15.0. The fourth-order valence-electron chi connectivity index (χ4n) is 8.98. The molecule has 1 spiro atoms. The van der Waals surface area contributed by atoms with Crippen molar-refractivity contribution in [2.24, 2.45) is 23.7 Å². The first kappa shape index (κ1) is 33.4. The number of aliphatic hydroxyl groups is 1. The number of carbonyl (C=O) groups is 3. The third kappa shape index (κ3) is 4.64. The number of carboxylic acids is 1. The summed E-state index contributed by atoms with van der Waals surface area (Å²) in [4.78, 5) is 41.6. The Hall–Kier alpha value is -3.53. The van der Waals surface area contributed by atoms with E-state index in [1.807, 2.05) is 71.9 Å². The van der Waals surface area contributed by atoms with Crippen molar-refractivity contribution in [2.45, 2.75) is 102 Å². The van der Waals surface area contributed by atoms with Gasteiger partial charge >= 0.3 is 5.97 Å². The molecule has 3 heterocycles. The van der Waals surface area contributed by atoms with E-state index in [0.717, 1.165) is 11.1 Å². The third-order valence-electron chi connectivity index (χ3n) is 11.1. The van der Waals surface area contributed by atoms with Crippen molar-refractivity contribution < 1.29 is 43.5 Å². The zero-order valence-electron chi connectivity index (χ0n) is 28.5. The van der Waals surface area contributed by atoms with Crippen molar-refractivity contribution in [1.82, 2.24) is 0 Å². The van der Waals surface area contributed by atoms with Gasteiger partial charge in [0.2, 0.25) is 0 Å². The van der Waals surface area contributed by atoms with Gasteiger partial charge < -0.3 is 29.2 Å². The van der Waals surface area contributed by atoms with Crippen LogP contribution >= 0.6 is 0 Å². The normalized spacial score (nSPS) is 39.7. The molecule has 2 unspecified atom stereocenters. The number of rotatable bonds is 8. The molecular weight excluding hydrogens is 600 g/mol. The van der Waals surface area contributed by atoms with Crippen molar-refractivity contribution in [3.8, 4) is 0 Å². The standard InChI is InChI=1S/C38H46O9/c1-19(2)10-11-23-30-22(14-16-36(8,45-30)15-12-20(3)4)28(39)26-29(40)27-32(44-9)24-18-25-35(6,7)47-37(33(24)41,17-13-21(5)34(42)43)38(25,27)46-31(23)26/h10,12-16,24-28,32,39H,3,11,17-18H2,1-2,4-9H3,(H,42,43)/b15-12+,21-13+/t24-,25-,26-,27?,28?,32-,36-,37-,38-/m0/s1. The number of aliphatic hydroxyl groups excluding tert-OH is 1. The van der Waals surface area contributed by atoms with Gasteiger partial charge in [-0.25, -0.2) is 4.79 Å². The smallest absolute Gasteiger partial charge is 0.330 e. The van der Waals surface area contributed by atoms with Gasteiger partial charge in [0.15, 0.2) is 22.8 Å². The summed E-state index contributed by atoms with van der Waals surface area (Å²) in [6.45, 7) is 17.0. The number of methoxy groups -OCH3 is 1. The van der Waals surface area contributed by atoms with E-state index in [2.05, 4.69) is 6.58 Å². The lowest BCUT2D eigenvalue weighted by Crippen LogP contribution is -2.80. The van der Waals surface area contributed by atoms with E-state index < -0.39 is 64.3 Å². The van der Waals surface area contributed by atoms with Crippen LogP contribution in [0.5, 0.6) is 0 Å². The van der Waals surface area contributed by atoms with Crippen LogP contribution in [-0.2, 0) is 33.3 Å². The minimum atomic E-state index is -1.65. The van der Waals surface area contributed by atoms with Crippen LogP contribution in [0, 0.1) is 23.7 Å². The van der Waals surface area contributed by atoms with Gasteiger partial charge in [0.25, 0.3) is 0 Å². The minimum absolute atomic E-state index is 0.0607. The number of Topliss-reactive ketones (excluding diaryl/α,β-unsaturated/α-hetero) is 2. The molecule has 0 amide bonds. The number of ether oxygens (including phenoxy) is 4. The Morgan fingerprint density at radius 1 is 1.13 bits per heavy atom. The average Bonchev–Trinajstić information content (AvgIpc) is 3.14. The van der Waals surface area contributed by atoms with Crippen molar-refractivity contribution in [1.29, 1.82) is 0 Å². The Kier molecular flexibility index (Phi) is 7.81. The van der Waals surface area contributed by atoms with Crippen LogP contribution in [0.25, 0.3) is 0 Å². The second kappa shape index (κ2) is 11.0. The molecule has 3 saturated carbocycles. The van der Waals surface area contributed by atoms with Crippen molar-refractivity contribution in [2.75, 3.05) is 7.11 Å². The van der Waals surface area contributed by atoms with E-state index in [-0.39, 0.29) is 29.3 Å². The third-order valence-corrected chi connectivity index (χ3v) is 11.1. The number of hydrogen-bond donors (Lipinski definition) is 2. The molecule has 5 fully saturated rings. The molecule has 7 aliphatic rings. The SMILES string of the molecule is C=C(C)/C=C/[C@@]1(C)C=CC2=C(O1)C(CC=C(C)C)=C1O[C@]34C(C(=O)[C@@H]1C2O)[C@@H](OC)[C@@H]1C[C@H]3C(C)(C)O[C@@]4(C/C=C(\C)C(=O)O)C1=O. The van der Waals surface area contributed by atoms with E-state index in [9.17, 15) is 19.8 Å². The number of hydrogen-bond acceptors (Lipinski definition) is 8. The lowest BCUT2D eigenvalue weighted by Gasteiger charge is -2.64. The van der Waals surface area contributed by atoms with Gasteiger partial charge in [-0.05, 0) is 73.5 Å². The Balaban J connectivity index is 1.61. The van der Waals surface area contributed by atoms with Crippen molar-refractivity contribution in [3.63, 3.8) is 0 Å². The van der Waals surface area contributed by atoms with Crippen LogP contribution in [0.1, 0.15) is 67.7 Å². The summed E-state index contributed by atoms with van der Waals surface area (Å²) in [6.07, 6.45) is 9.56. The highest BCUT2D eigenvalue weighted by molar-refractivity contribution is 6.01. The summed E-state index contributed by atoms with van der Waals surface area (Å²) in [5.74, 6) is -3.99. The maximum atomic E-state index is 15.1. The van der Waals surface area contributed by atoms with Crippen LogP contribution in [0.3, 0.4) is 0 Å². The summed E-state index contributed by atoms with van der Waals surface area (Å²) < 4.78 is 26.7. The summed E-state index contributed by atoms with van der Waals surface area (Å²) >= 11 is 0. The summed E-state index contributed by atoms with van der Waals surface area (Å²) in [6, 6.07) is 0. The van der Waals surface area contributed by atoms with Crippen LogP contribution in [0.2, 0.25) is 0 Å². The van der Waals surface area contributed by atoms with Crippen LogP contribution < -0.4 is 0 Å². The van der Waals surface area contributed by atoms with Gasteiger partial charge in [-0.15, -0.1) is 0 Å². The number of allylic oxidation sites excluding steroid dienone is 5. The van der Waals surface area contributed by atoms with Crippen LogP contribution in [0.4, 0.5) is 0 Å². The number of carbonyl (C=O) groups excluding carboxylic acids is 2. The van der Waals surface area contributed by atoms with E-state index in [1.54, 1.807) is 0 Å². The van der Waals surface area contributed by atoms with Gasteiger partial charge in [-0.3, -0.25) is 9.59 Å². The molecule has 9 heteroatoms. The number of aliphatic carboxylic acids is 1. The van der Waals surface area contributed by atoms with E-state index in [0.29, 0.717) is 29.7 Å². The molecule has 2 saturated heterocycles. The predicted molar refractivity (Wildman–Crippen MR) is 174 cm³/mol. The average molecular weight is 647 g/mol. The maximum Gasteiger partial charge on any atom is 0.330 e. The molecule has 0 aromatic carbocycles. The van der Waals surface area contributed by atoms with Gasteiger partial charge in [-0.1, -0.05) is 42.0 Å². The quantitative estimate of drug-likeness (QED) is 0.200. The fraction of sp³-hybridized carbons (Fsp3) is 0.553. The Bertz CT molecular complexity index is 1650. The van der Waals surface area contributed by atoms with Crippen molar-refractivity contribution in [3.05, 3.63) is 82.4 Å². The molecule has 47 heavy (non-hydrogen) atoms. The molecule has 3 aliphatic heterocycles. The molecule has 0 radical (unpaired) electrons. The maximum absolute atomic E-state index is 15.1. The fourth-order valence-corrected chi connectivity index (χ4v) is 8.98. The molecule has 0 aromatic heterocycles. The highest BCUT2D eigenvalue weighted by Gasteiger charge is 2.86. The summed E-state index contributed by atoms with van der Waals surface area (Å²) in [5, 5.41) is 21.7. The lowest BCUT2D eigenvalue weighted by atomic mass is 9.44. The lowest BCUT2D eigenvalue weighted by molar-refractivity contribution is -0.257. The number of carboxylic acid groups (broad SMARTS) is 1. The van der Waals surface area contributed by atoms with Crippen LogP contribution in [-0.4, -0.2) is 69.5 Å². The molecular formula is C38H46O9. The Morgan fingerprint density at radius 3 is 2.45 bits per heavy atom. The largest absolute Gasteiger partial charge is 0.485 e. The molecule has 2 N–H and O–H groups in total. The molecule has 252 valence electrons. The molecule has 7 rings (SSSR count). The molecule has 4 bridgehead atoms. The van der Waals surface area contributed by atoms with Gasteiger partial charge in [0, 0.05) is 42.1 Å². The topological polar surface area (TPSA) is 129 Å². The van der Waals surface area contributed by atoms with Gasteiger partial charge in [-0.2, -0.15) is 0 Å². The highest BCUT2D eigenvalue weighted by atomic mass is 16.6. The number of fused-ring (bicyclic) bond motifs is 1. The van der Waals surface area contributed by atoms with E-state index >= 15 is 4.79 Å². The molecule has 4 aliphatic carbocycles. The van der Waals surface area contributed by atoms with Crippen LogP contribution in [0.15, 0.2) is 82.4 Å². The zero-order valence-corrected chi connectivity index (χ0v) is 28.5. The van der Waals surface area contributed by atoms with E-state index in [1.165, 1.54) is 20.1 Å². The minimum Gasteiger partial charge on any atom is -0.485 e. The van der Waals surface area contributed by atoms with Crippen molar-refractivity contribution >= 4 is 17.5 Å². The van der Waals surface area contributed by atoms with Gasteiger partial charge in [0.1, 0.15) is 23.0 Å². The Morgan fingerprint density at radius 2 is 1.83 bits per heavy atom. The highest BCUT2D eigenvalue weighted by Crippen LogP contribution is 2.71.